The molecule has 3 aromatic carbocycles. The van der Waals surface area contributed by atoms with Gasteiger partial charge < -0.3 is 15.4 Å². The fraction of sp³-hybridized carbons (Fsp3) is 0.241. The van der Waals surface area contributed by atoms with Crippen molar-refractivity contribution in [2.45, 2.75) is 38.3 Å². The first-order valence-electron chi connectivity index (χ1n) is 11.8. The molecule has 0 aliphatic carbocycles. The molecule has 0 heterocycles. The fourth-order valence-electron chi connectivity index (χ4n) is 3.75. The van der Waals surface area contributed by atoms with E-state index in [-0.39, 0.29) is 37.0 Å². The van der Waals surface area contributed by atoms with Crippen molar-refractivity contribution in [1.82, 2.24) is 10.6 Å². The van der Waals surface area contributed by atoms with Crippen molar-refractivity contribution in [2.75, 3.05) is 7.11 Å². The summed E-state index contributed by atoms with van der Waals surface area (Å²) in [6.45, 7) is 1.87. The van der Waals surface area contributed by atoms with E-state index in [9.17, 15) is 19.2 Å². The summed E-state index contributed by atoms with van der Waals surface area (Å²) in [7, 11) is 1.25. The lowest BCUT2D eigenvalue weighted by Gasteiger charge is -2.17. The summed E-state index contributed by atoms with van der Waals surface area (Å²) in [6.07, 6.45) is 0.119. The predicted octanol–water partition coefficient (Wildman–Crippen LogP) is 3.78. The summed E-state index contributed by atoms with van der Waals surface area (Å²) < 4.78 is 4.85. The van der Waals surface area contributed by atoms with Gasteiger partial charge >= 0.3 is 5.97 Å². The van der Waals surface area contributed by atoms with Crippen LogP contribution in [0.25, 0.3) is 0 Å². The van der Waals surface area contributed by atoms with Gasteiger partial charge in [-0.15, -0.1) is 0 Å². The summed E-state index contributed by atoms with van der Waals surface area (Å²) >= 11 is 0. The van der Waals surface area contributed by atoms with Crippen LogP contribution in [0.4, 0.5) is 0 Å². The molecule has 2 amide bonds. The van der Waals surface area contributed by atoms with Crippen LogP contribution in [0.5, 0.6) is 0 Å². The van der Waals surface area contributed by atoms with Crippen molar-refractivity contribution in [3.8, 4) is 0 Å². The van der Waals surface area contributed by atoms with Crippen LogP contribution in [0.1, 0.15) is 52.9 Å². The van der Waals surface area contributed by atoms with Crippen LogP contribution >= 0.6 is 0 Å². The van der Waals surface area contributed by atoms with Gasteiger partial charge in [0.15, 0.2) is 5.78 Å². The average molecular weight is 487 g/mol. The molecule has 3 aromatic rings. The van der Waals surface area contributed by atoms with Crippen LogP contribution in [0.15, 0.2) is 84.9 Å². The number of ether oxygens (including phenoxy) is 1. The van der Waals surface area contributed by atoms with Gasteiger partial charge in [0, 0.05) is 30.4 Å². The number of hydrogen-bond acceptors (Lipinski definition) is 5. The Morgan fingerprint density at radius 2 is 1.25 bits per heavy atom. The van der Waals surface area contributed by atoms with Crippen molar-refractivity contribution in [3.05, 3.63) is 107 Å². The monoisotopic (exact) mass is 486 g/mol. The number of carbonyl (C=O) groups is 4. The first kappa shape index (κ1) is 26.3. The molecule has 2 N–H and O–H groups in total. The van der Waals surface area contributed by atoms with Crippen LogP contribution < -0.4 is 10.6 Å². The molecule has 0 radical (unpaired) electrons. The molecule has 0 saturated carbocycles. The van der Waals surface area contributed by atoms with E-state index in [1.54, 1.807) is 48.5 Å². The normalized spacial score (nSPS) is 12.2. The van der Waals surface area contributed by atoms with Crippen LogP contribution in [-0.2, 0) is 25.5 Å². The maximum atomic E-state index is 12.6. The molecule has 0 unspecified atom stereocenters. The van der Waals surface area contributed by atoms with Crippen LogP contribution in [-0.4, -0.2) is 36.7 Å². The highest BCUT2D eigenvalue weighted by Crippen LogP contribution is 2.14. The fourth-order valence-corrected chi connectivity index (χ4v) is 3.75. The molecule has 0 aromatic heterocycles. The van der Waals surface area contributed by atoms with Gasteiger partial charge in [-0.1, -0.05) is 84.9 Å². The zero-order chi connectivity index (χ0) is 25.9. The first-order chi connectivity index (χ1) is 17.4. The Bertz CT molecular complexity index is 1180. The molecule has 7 nitrogen and oxygen atoms in total. The molecular formula is C29H30N2O5. The number of methoxy groups -OCH3 is 1. The van der Waals surface area contributed by atoms with Gasteiger partial charge in [0.2, 0.25) is 11.8 Å². The maximum absolute atomic E-state index is 12.6. The van der Waals surface area contributed by atoms with E-state index in [0.717, 1.165) is 11.1 Å². The van der Waals surface area contributed by atoms with Crippen molar-refractivity contribution < 1.29 is 23.9 Å². The van der Waals surface area contributed by atoms with E-state index >= 15 is 0 Å². The molecular weight excluding hydrogens is 456 g/mol. The van der Waals surface area contributed by atoms with Crippen LogP contribution in [0.3, 0.4) is 0 Å². The topological polar surface area (TPSA) is 102 Å². The van der Waals surface area contributed by atoms with E-state index in [2.05, 4.69) is 10.6 Å². The minimum atomic E-state index is -0.913. The molecule has 7 heteroatoms. The number of amides is 2. The third kappa shape index (κ3) is 7.63. The molecule has 0 aliphatic heterocycles. The predicted molar refractivity (Wildman–Crippen MR) is 136 cm³/mol. The number of ketones is 1. The van der Waals surface area contributed by atoms with Gasteiger partial charge in [0.1, 0.15) is 6.04 Å². The minimum absolute atomic E-state index is 0.00675. The quantitative estimate of drug-likeness (QED) is 0.317. The average Bonchev–Trinajstić information content (AvgIpc) is 2.92. The van der Waals surface area contributed by atoms with Gasteiger partial charge in [-0.3, -0.25) is 14.4 Å². The molecule has 0 saturated heterocycles. The largest absolute Gasteiger partial charge is 0.467 e. The summed E-state index contributed by atoms with van der Waals surface area (Å²) in [5.74, 6) is -1.37. The van der Waals surface area contributed by atoms with Crippen molar-refractivity contribution in [1.29, 1.82) is 0 Å². The lowest BCUT2D eigenvalue weighted by molar-refractivity contribution is -0.145. The Morgan fingerprint density at radius 3 is 1.83 bits per heavy atom. The highest BCUT2D eigenvalue weighted by atomic mass is 16.5. The third-order valence-corrected chi connectivity index (χ3v) is 5.77. The van der Waals surface area contributed by atoms with Crippen LogP contribution in [0, 0.1) is 0 Å². The lowest BCUT2D eigenvalue weighted by atomic mass is 9.99. The van der Waals surface area contributed by atoms with E-state index in [0.29, 0.717) is 11.1 Å². The highest BCUT2D eigenvalue weighted by molar-refractivity contribution is 6.08. The summed E-state index contributed by atoms with van der Waals surface area (Å²) in [5, 5.41) is 5.53. The summed E-state index contributed by atoms with van der Waals surface area (Å²) in [6, 6.07) is 24.3. The van der Waals surface area contributed by atoms with Gasteiger partial charge in [0.05, 0.1) is 13.2 Å². The van der Waals surface area contributed by atoms with Crippen molar-refractivity contribution in [3.63, 3.8) is 0 Å². The highest BCUT2D eigenvalue weighted by Gasteiger charge is 2.23. The summed E-state index contributed by atoms with van der Waals surface area (Å²) in [4.78, 5) is 49.6. The van der Waals surface area contributed by atoms with E-state index in [1.807, 2.05) is 43.3 Å². The second-order valence-electron chi connectivity index (χ2n) is 8.44. The SMILES string of the molecule is COC(=O)[C@@H](Cc1ccc(C(=O)c2ccccc2)cc1)NC(=O)CCC(=O)N[C@H](C)c1ccccc1. The Kier molecular flexibility index (Phi) is 9.51. The molecule has 0 fully saturated rings. The lowest BCUT2D eigenvalue weighted by Crippen LogP contribution is -2.43. The van der Waals surface area contributed by atoms with Gasteiger partial charge in [-0.25, -0.2) is 4.79 Å². The molecule has 2 atom stereocenters. The Labute approximate surface area is 210 Å². The van der Waals surface area contributed by atoms with Gasteiger partial charge in [-0.05, 0) is 18.1 Å². The van der Waals surface area contributed by atoms with E-state index < -0.39 is 17.9 Å². The number of carbonyl (C=O) groups excluding carboxylic acids is 4. The smallest absolute Gasteiger partial charge is 0.328 e. The Morgan fingerprint density at radius 1 is 0.722 bits per heavy atom. The molecule has 0 spiro atoms. The molecule has 3 rings (SSSR count). The number of nitrogens with one attached hydrogen (secondary N) is 2. The number of benzene rings is 3. The molecule has 0 bridgehead atoms. The van der Waals surface area contributed by atoms with E-state index in [1.165, 1.54) is 7.11 Å². The van der Waals surface area contributed by atoms with Crippen molar-refractivity contribution in [2.24, 2.45) is 0 Å². The van der Waals surface area contributed by atoms with Crippen molar-refractivity contribution >= 4 is 23.6 Å². The van der Waals surface area contributed by atoms with E-state index in [4.69, 9.17) is 4.74 Å². The van der Waals surface area contributed by atoms with Crippen LogP contribution in [0.2, 0.25) is 0 Å². The number of rotatable bonds is 11. The standard InChI is InChI=1S/C29H30N2O5/c1-20(22-9-5-3-6-10-22)30-26(32)17-18-27(33)31-25(29(35)36-2)19-21-13-15-24(16-14-21)28(34)23-11-7-4-8-12-23/h3-16,20,25H,17-19H2,1-2H3,(H,30,32)(H,31,33)/t20-,25-/m1/s1. The number of esters is 1. The second-order valence-corrected chi connectivity index (χ2v) is 8.44. The van der Waals surface area contributed by atoms with Gasteiger partial charge in [0.25, 0.3) is 0 Å². The number of hydrogen-bond donors (Lipinski definition) is 2. The summed E-state index contributed by atoms with van der Waals surface area (Å²) in [5.41, 5.74) is 2.84. The first-order valence-corrected chi connectivity index (χ1v) is 11.8. The maximum Gasteiger partial charge on any atom is 0.328 e. The molecule has 36 heavy (non-hydrogen) atoms. The zero-order valence-electron chi connectivity index (χ0n) is 20.4. The molecule has 0 aliphatic rings. The third-order valence-electron chi connectivity index (χ3n) is 5.77. The minimum Gasteiger partial charge on any atom is -0.467 e. The Hall–Kier alpha value is -4.26. The second kappa shape index (κ2) is 13.0. The Balaban J connectivity index is 1.53. The molecule has 186 valence electrons. The van der Waals surface area contributed by atoms with Gasteiger partial charge in [-0.2, -0.15) is 0 Å². The zero-order valence-corrected chi connectivity index (χ0v) is 20.4.